The Morgan fingerprint density at radius 1 is 1.42 bits per heavy atom. The molecule has 2 unspecified atom stereocenters. The summed E-state index contributed by atoms with van der Waals surface area (Å²) in [4.78, 5) is 0. The molecule has 0 aliphatic carbocycles. The van der Waals surface area contributed by atoms with E-state index in [1.54, 1.807) is 13.2 Å². The molecule has 1 fully saturated rings. The Balaban J connectivity index is 2.38. The van der Waals surface area contributed by atoms with Crippen molar-refractivity contribution in [2.45, 2.75) is 29.9 Å². The summed E-state index contributed by atoms with van der Waals surface area (Å²) in [5, 5.41) is -1.09. The fourth-order valence-corrected chi connectivity index (χ4v) is 5.52. The predicted octanol–water partition coefficient (Wildman–Crippen LogP) is 3.70. The van der Waals surface area contributed by atoms with Crippen molar-refractivity contribution in [3.63, 3.8) is 0 Å². The zero-order chi connectivity index (χ0) is 14.0. The Bertz CT molecular complexity index is 559. The summed E-state index contributed by atoms with van der Waals surface area (Å²) < 4.78 is 30.4. The van der Waals surface area contributed by atoms with Gasteiger partial charge in [0, 0.05) is 10.0 Å². The number of ether oxygens (including phenoxy) is 1. The molecular weight excluding hydrogens is 352 g/mol. The predicted molar refractivity (Wildman–Crippen MR) is 80.7 cm³/mol. The van der Waals surface area contributed by atoms with Crippen LogP contribution in [-0.2, 0) is 9.84 Å². The number of methoxy groups -OCH3 is 1. The van der Waals surface area contributed by atoms with Gasteiger partial charge in [0.25, 0.3) is 0 Å². The molecule has 1 aromatic carbocycles. The molecule has 2 rings (SSSR count). The van der Waals surface area contributed by atoms with E-state index in [2.05, 4.69) is 15.9 Å². The van der Waals surface area contributed by atoms with E-state index in [0.717, 1.165) is 22.9 Å². The highest BCUT2D eigenvalue weighted by molar-refractivity contribution is 9.10. The van der Waals surface area contributed by atoms with Crippen LogP contribution in [0.5, 0.6) is 5.75 Å². The summed E-state index contributed by atoms with van der Waals surface area (Å²) in [5.41, 5.74) is 0.731. The van der Waals surface area contributed by atoms with Gasteiger partial charge in [0.15, 0.2) is 9.84 Å². The van der Waals surface area contributed by atoms with Gasteiger partial charge in [0.05, 0.1) is 23.5 Å². The van der Waals surface area contributed by atoms with Gasteiger partial charge >= 0.3 is 0 Å². The minimum Gasteiger partial charge on any atom is -0.496 e. The first kappa shape index (κ1) is 15.1. The van der Waals surface area contributed by atoms with E-state index >= 15 is 0 Å². The van der Waals surface area contributed by atoms with Crippen molar-refractivity contribution in [3.05, 3.63) is 28.2 Å². The van der Waals surface area contributed by atoms with Crippen LogP contribution >= 0.6 is 27.5 Å². The molecule has 1 aliphatic rings. The largest absolute Gasteiger partial charge is 0.496 e. The highest BCUT2D eigenvalue weighted by Crippen LogP contribution is 2.40. The van der Waals surface area contributed by atoms with Crippen LogP contribution in [0, 0.1) is 0 Å². The number of benzene rings is 1. The molecule has 1 aromatic rings. The Hall–Kier alpha value is -0.260. The molecule has 0 bridgehead atoms. The summed E-state index contributed by atoms with van der Waals surface area (Å²) in [6.07, 6.45) is 2.26. The van der Waals surface area contributed by atoms with Crippen LogP contribution in [0.25, 0.3) is 0 Å². The maximum Gasteiger partial charge on any atom is 0.154 e. The third-order valence-corrected chi connectivity index (χ3v) is 6.91. The average Bonchev–Trinajstić information content (AvgIpc) is 2.37. The van der Waals surface area contributed by atoms with Crippen LogP contribution in [0.4, 0.5) is 0 Å². The van der Waals surface area contributed by atoms with Crippen molar-refractivity contribution in [1.82, 2.24) is 0 Å². The van der Waals surface area contributed by atoms with Crippen LogP contribution in [-0.4, -0.2) is 26.5 Å². The summed E-state index contributed by atoms with van der Waals surface area (Å²) in [7, 11) is -1.55. The zero-order valence-corrected chi connectivity index (χ0v) is 13.8. The van der Waals surface area contributed by atoms with Crippen molar-refractivity contribution >= 4 is 37.4 Å². The highest BCUT2D eigenvalue weighted by Gasteiger charge is 2.36. The summed E-state index contributed by atoms with van der Waals surface area (Å²) in [5.74, 6) is 0.862. The van der Waals surface area contributed by atoms with Gasteiger partial charge in [-0.05, 0) is 31.0 Å². The second-order valence-electron chi connectivity index (χ2n) is 4.69. The number of halogens is 2. The first-order valence-corrected chi connectivity index (χ1v) is 9.09. The number of rotatable bonds is 3. The highest BCUT2D eigenvalue weighted by atomic mass is 79.9. The van der Waals surface area contributed by atoms with Gasteiger partial charge in [-0.1, -0.05) is 22.4 Å². The molecule has 2 atom stereocenters. The molecule has 3 nitrogen and oxygen atoms in total. The van der Waals surface area contributed by atoms with E-state index < -0.39 is 20.5 Å². The summed E-state index contributed by atoms with van der Waals surface area (Å²) >= 11 is 9.83. The lowest BCUT2D eigenvalue weighted by Crippen LogP contribution is -2.32. The van der Waals surface area contributed by atoms with Crippen LogP contribution in [0.1, 0.15) is 30.2 Å². The number of alkyl halides is 1. The Labute approximate surface area is 127 Å². The zero-order valence-electron chi connectivity index (χ0n) is 10.6. The number of sulfone groups is 1. The third kappa shape index (κ3) is 3.26. The molecule has 0 amide bonds. The lowest BCUT2D eigenvalue weighted by Gasteiger charge is -2.27. The third-order valence-electron chi connectivity index (χ3n) is 3.44. The van der Waals surface area contributed by atoms with E-state index in [-0.39, 0.29) is 5.75 Å². The van der Waals surface area contributed by atoms with E-state index in [9.17, 15) is 8.42 Å². The fraction of sp³-hybridized carbons (Fsp3) is 0.538. The summed E-state index contributed by atoms with van der Waals surface area (Å²) in [6, 6.07) is 5.48. The lowest BCUT2D eigenvalue weighted by molar-refractivity contribution is 0.407. The van der Waals surface area contributed by atoms with Crippen molar-refractivity contribution in [2.24, 2.45) is 0 Å². The van der Waals surface area contributed by atoms with Gasteiger partial charge in [-0.3, -0.25) is 0 Å². The molecular formula is C13H16BrClO3S. The van der Waals surface area contributed by atoms with Gasteiger partial charge in [-0.25, -0.2) is 8.42 Å². The number of hydrogen-bond donors (Lipinski definition) is 0. The molecule has 0 N–H and O–H groups in total. The SMILES string of the molecule is COc1ccc(Br)cc1C(Cl)C1CCCCS1(=O)=O. The molecule has 19 heavy (non-hydrogen) atoms. The van der Waals surface area contributed by atoms with Gasteiger partial charge in [0.2, 0.25) is 0 Å². The first-order chi connectivity index (χ1) is 8.95. The molecule has 0 saturated carbocycles. The average molecular weight is 368 g/mol. The van der Waals surface area contributed by atoms with E-state index in [1.807, 2.05) is 12.1 Å². The molecule has 6 heteroatoms. The van der Waals surface area contributed by atoms with Crippen LogP contribution in [0.15, 0.2) is 22.7 Å². The molecule has 0 spiro atoms. The minimum atomic E-state index is -3.11. The molecule has 0 aromatic heterocycles. The smallest absolute Gasteiger partial charge is 0.154 e. The topological polar surface area (TPSA) is 43.4 Å². The van der Waals surface area contributed by atoms with Gasteiger partial charge < -0.3 is 4.74 Å². The van der Waals surface area contributed by atoms with Crippen LogP contribution < -0.4 is 4.74 Å². The second kappa shape index (κ2) is 6.02. The molecule has 0 radical (unpaired) electrons. The maximum atomic E-state index is 12.1. The lowest BCUT2D eigenvalue weighted by atomic mass is 10.0. The Morgan fingerprint density at radius 2 is 2.16 bits per heavy atom. The minimum absolute atomic E-state index is 0.233. The van der Waals surface area contributed by atoms with Crippen LogP contribution in [0.3, 0.4) is 0 Å². The van der Waals surface area contributed by atoms with Gasteiger partial charge in [-0.2, -0.15) is 0 Å². The Morgan fingerprint density at radius 3 is 2.79 bits per heavy atom. The molecule has 1 saturated heterocycles. The molecule has 1 heterocycles. The molecule has 106 valence electrons. The van der Waals surface area contributed by atoms with Crippen molar-refractivity contribution in [3.8, 4) is 5.75 Å². The van der Waals surface area contributed by atoms with Gasteiger partial charge in [-0.15, -0.1) is 11.6 Å². The summed E-state index contributed by atoms with van der Waals surface area (Å²) in [6.45, 7) is 0. The fourth-order valence-electron chi connectivity index (χ4n) is 2.43. The normalized spacial score (nSPS) is 23.8. The first-order valence-electron chi connectivity index (χ1n) is 6.15. The monoisotopic (exact) mass is 366 g/mol. The molecule has 1 aliphatic heterocycles. The van der Waals surface area contributed by atoms with Gasteiger partial charge in [0.1, 0.15) is 5.75 Å². The van der Waals surface area contributed by atoms with Crippen molar-refractivity contribution < 1.29 is 13.2 Å². The Kier molecular flexibility index (Phi) is 4.79. The van der Waals surface area contributed by atoms with E-state index in [0.29, 0.717) is 12.2 Å². The standard InChI is InChI=1S/C13H16BrClO3S/c1-18-11-6-5-9(14)8-10(11)13(15)12-4-2-3-7-19(12,16)17/h5-6,8,12-13H,2-4,7H2,1H3. The van der Waals surface area contributed by atoms with Crippen LogP contribution in [0.2, 0.25) is 0 Å². The maximum absolute atomic E-state index is 12.1. The second-order valence-corrected chi connectivity index (χ2v) is 8.41. The number of hydrogen-bond acceptors (Lipinski definition) is 3. The quantitative estimate of drug-likeness (QED) is 0.765. The van der Waals surface area contributed by atoms with E-state index in [1.165, 1.54) is 0 Å². The van der Waals surface area contributed by atoms with E-state index in [4.69, 9.17) is 16.3 Å². The van der Waals surface area contributed by atoms with Crippen molar-refractivity contribution in [2.75, 3.05) is 12.9 Å². The van der Waals surface area contributed by atoms with Crippen molar-refractivity contribution in [1.29, 1.82) is 0 Å².